The molecule has 0 spiro atoms. The van der Waals surface area contributed by atoms with Gasteiger partial charge in [-0.3, -0.25) is 4.79 Å². The fourth-order valence-electron chi connectivity index (χ4n) is 4.85. The summed E-state index contributed by atoms with van der Waals surface area (Å²) in [6, 6.07) is 21.6. The zero-order valence-corrected chi connectivity index (χ0v) is 27.0. The number of aliphatic hydroxyl groups is 1. The molecule has 3 aromatic carbocycles. The van der Waals surface area contributed by atoms with Gasteiger partial charge in [0.1, 0.15) is 11.6 Å². The number of hydrogen-bond acceptors (Lipinski definition) is 8. The van der Waals surface area contributed by atoms with E-state index in [0.29, 0.717) is 18.0 Å². The van der Waals surface area contributed by atoms with Crippen molar-refractivity contribution in [1.82, 2.24) is 19.6 Å². The van der Waals surface area contributed by atoms with Crippen molar-refractivity contribution in [2.75, 3.05) is 33.4 Å². The lowest BCUT2D eigenvalue weighted by Crippen LogP contribution is -2.38. The van der Waals surface area contributed by atoms with Gasteiger partial charge in [-0.1, -0.05) is 24.3 Å². The molecule has 0 aliphatic carbocycles. The van der Waals surface area contributed by atoms with E-state index >= 15 is 0 Å². The van der Waals surface area contributed by atoms with E-state index in [1.54, 1.807) is 18.2 Å². The lowest BCUT2D eigenvalue weighted by atomic mass is 9.93. The maximum absolute atomic E-state index is 13.3. The molecule has 44 heavy (non-hydrogen) atoms. The van der Waals surface area contributed by atoms with Crippen LogP contribution < -0.4 is 10.1 Å². The van der Waals surface area contributed by atoms with Gasteiger partial charge in [0.15, 0.2) is 5.76 Å². The minimum Gasteiger partial charge on any atom is -0.497 e. The third kappa shape index (κ3) is 7.77. The molecule has 1 aliphatic rings. The summed E-state index contributed by atoms with van der Waals surface area (Å²) in [6.45, 7) is -0.340. The zero-order chi connectivity index (χ0) is 31.1. The Morgan fingerprint density at radius 2 is 1.86 bits per heavy atom. The number of halogens is 1. The van der Waals surface area contributed by atoms with Crippen molar-refractivity contribution < 1.29 is 32.5 Å². The number of hydrogen-bond donors (Lipinski definition) is 3. The molecular weight excluding hydrogens is 699 g/mol. The van der Waals surface area contributed by atoms with Gasteiger partial charge in [0, 0.05) is 29.0 Å². The van der Waals surface area contributed by atoms with E-state index in [9.17, 15) is 18.3 Å². The fraction of sp³-hybridized carbons (Fsp3) is 0.290. The molecule has 232 valence electrons. The SMILES string of the molecule is COc1ccc(S(=O)(=O)N(CCO)CCO[C@H]2C[C@@H](c3ccc(I)cc3)C=C(C(=O)NCc3nc4ccccc4[nH]3)O2)cc1. The first-order valence-electron chi connectivity index (χ1n) is 14.0. The predicted molar refractivity (Wildman–Crippen MR) is 172 cm³/mol. The van der Waals surface area contributed by atoms with Crippen molar-refractivity contribution in [2.24, 2.45) is 0 Å². The molecule has 0 unspecified atom stereocenters. The Morgan fingerprint density at radius 1 is 1.11 bits per heavy atom. The number of imidazole rings is 1. The van der Waals surface area contributed by atoms with Gasteiger partial charge in [0.25, 0.3) is 5.91 Å². The van der Waals surface area contributed by atoms with Crippen molar-refractivity contribution >= 4 is 49.6 Å². The van der Waals surface area contributed by atoms with Gasteiger partial charge < -0.3 is 29.6 Å². The predicted octanol–water partition coefficient (Wildman–Crippen LogP) is 3.91. The highest BCUT2D eigenvalue weighted by Gasteiger charge is 2.30. The Kier molecular flexibility index (Phi) is 10.5. The number of rotatable bonds is 13. The second-order valence-corrected chi connectivity index (χ2v) is 13.2. The third-order valence-corrected chi connectivity index (χ3v) is 9.76. The molecular formula is C31H33IN4O7S. The molecule has 0 radical (unpaired) electrons. The van der Waals surface area contributed by atoms with Crippen LogP contribution in [0.25, 0.3) is 11.0 Å². The maximum atomic E-state index is 13.3. The normalized spacial score (nSPS) is 16.9. The smallest absolute Gasteiger partial charge is 0.286 e. The third-order valence-electron chi connectivity index (χ3n) is 7.13. The topological polar surface area (TPSA) is 143 Å². The monoisotopic (exact) mass is 732 g/mol. The summed E-state index contributed by atoms with van der Waals surface area (Å²) in [5.41, 5.74) is 2.68. The van der Waals surface area contributed by atoms with Gasteiger partial charge in [0.2, 0.25) is 16.3 Å². The number of ether oxygens (including phenoxy) is 3. The summed E-state index contributed by atoms with van der Waals surface area (Å²) in [7, 11) is -2.40. The number of aromatic amines is 1. The molecule has 2 atom stereocenters. The summed E-state index contributed by atoms with van der Waals surface area (Å²) < 4.78 is 45.9. The van der Waals surface area contributed by atoms with Gasteiger partial charge in [-0.15, -0.1) is 0 Å². The summed E-state index contributed by atoms with van der Waals surface area (Å²) >= 11 is 2.24. The molecule has 4 aromatic rings. The van der Waals surface area contributed by atoms with Crippen LogP contribution in [-0.4, -0.2) is 73.4 Å². The van der Waals surface area contributed by atoms with E-state index in [2.05, 4.69) is 37.9 Å². The number of carbonyl (C=O) groups is 1. The molecule has 0 fully saturated rings. The molecule has 0 saturated heterocycles. The second-order valence-electron chi connectivity index (χ2n) is 10.0. The van der Waals surface area contributed by atoms with Crippen LogP contribution in [-0.2, 0) is 30.8 Å². The number of aromatic nitrogens is 2. The number of nitrogens with one attached hydrogen (secondary N) is 2. The van der Waals surface area contributed by atoms with Gasteiger partial charge in [0.05, 0.1) is 42.8 Å². The second kappa shape index (κ2) is 14.5. The van der Waals surface area contributed by atoms with E-state index in [1.807, 2.05) is 48.5 Å². The molecule has 0 bridgehead atoms. The molecule has 13 heteroatoms. The average molecular weight is 733 g/mol. The van der Waals surface area contributed by atoms with E-state index in [0.717, 1.165) is 24.5 Å². The van der Waals surface area contributed by atoms with Crippen LogP contribution in [0.5, 0.6) is 5.75 Å². The van der Waals surface area contributed by atoms with Gasteiger partial charge in [-0.2, -0.15) is 4.31 Å². The van der Waals surface area contributed by atoms with Crippen molar-refractivity contribution in [1.29, 1.82) is 0 Å². The lowest BCUT2D eigenvalue weighted by molar-refractivity contribution is -0.146. The first kappa shape index (κ1) is 31.9. The number of H-pyrrole nitrogens is 1. The first-order valence-corrected chi connectivity index (χ1v) is 16.5. The van der Waals surface area contributed by atoms with Gasteiger partial charge >= 0.3 is 0 Å². The number of nitrogens with zero attached hydrogens (tertiary/aromatic N) is 2. The maximum Gasteiger partial charge on any atom is 0.286 e. The number of allylic oxidation sites excluding steroid dienone is 1. The van der Waals surface area contributed by atoms with Crippen molar-refractivity contribution in [3.05, 3.63) is 99.6 Å². The Hall–Kier alpha value is -3.50. The van der Waals surface area contributed by atoms with E-state index in [-0.39, 0.29) is 49.4 Å². The van der Waals surface area contributed by atoms with Crippen LogP contribution in [0, 0.1) is 3.57 Å². The Bertz CT molecular complexity index is 1680. The summed E-state index contributed by atoms with van der Waals surface area (Å²) in [4.78, 5) is 21.0. The Balaban J connectivity index is 1.26. The fourth-order valence-corrected chi connectivity index (χ4v) is 6.62. The largest absolute Gasteiger partial charge is 0.497 e. The summed E-state index contributed by atoms with van der Waals surface area (Å²) in [5.74, 6) is 0.662. The number of fused-ring (bicyclic) bond motifs is 1. The van der Waals surface area contributed by atoms with Gasteiger partial charge in [-0.25, -0.2) is 13.4 Å². The molecule has 1 aliphatic heterocycles. The highest BCUT2D eigenvalue weighted by atomic mass is 127. The van der Waals surface area contributed by atoms with E-state index in [4.69, 9.17) is 14.2 Å². The van der Waals surface area contributed by atoms with E-state index in [1.165, 1.54) is 19.2 Å². The number of para-hydroxylation sites is 2. The van der Waals surface area contributed by atoms with Crippen LogP contribution in [0.3, 0.4) is 0 Å². The Morgan fingerprint density at radius 3 is 2.57 bits per heavy atom. The minimum atomic E-state index is -3.90. The molecule has 1 amide bonds. The molecule has 11 nitrogen and oxygen atoms in total. The zero-order valence-electron chi connectivity index (χ0n) is 24.0. The molecule has 2 heterocycles. The highest BCUT2D eigenvalue weighted by Crippen LogP contribution is 2.32. The number of benzene rings is 3. The summed E-state index contributed by atoms with van der Waals surface area (Å²) in [6.07, 6.45) is 1.39. The molecule has 5 rings (SSSR count). The lowest BCUT2D eigenvalue weighted by Gasteiger charge is -2.30. The first-order chi connectivity index (χ1) is 21.3. The van der Waals surface area contributed by atoms with Crippen molar-refractivity contribution in [2.45, 2.75) is 30.1 Å². The minimum absolute atomic E-state index is 0.0205. The number of carbonyl (C=O) groups excluding carboxylic acids is 1. The van der Waals surface area contributed by atoms with Gasteiger partial charge in [-0.05, 0) is 82.8 Å². The molecule has 1 aromatic heterocycles. The van der Waals surface area contributed by atoms with Crippen molar-refractivity contribution in [3.63, 3.8) is 0 Å². The van der Waals surface area contributed by atoms with Crippen LogP contribution in [0.4, 0.5) is 0 Å². The van der Waals surface area contributed by atoms with Crippen LogP contribution in [0.1, 0.15) is 23.7 Å². The van der Waals surface area contributed by atoms with Crippen LogP contribution in [0.2, 0.25) is 0 Å². The Labute approximate surface area is 269 Å². The van der Waals surface area contributed by atoms with Crippen LogP contribution >= 0.6 is 22.6 Å². The number of sulfonamides is 1. The number of amides is 1. The quantitative estimate of drug-likeness (QED) is 0.176. The van der Waals surface area contributed by atoms with Crippen LogP contribution in [0.15, 0.2) is 89.5 Å². The molecule has 0 saturated carbocycles. The van der Waals surface area contributed by atoms with Crippen molar-refractivity contribution in [3.8, 4) is 5.75 Å². The standard InChI is InChI=1S/C31H33IN4O7S/c1-41-24-10-12-25(13-11-24)44(39,40)36(14-16-37)15-17-42-30-19-22(21-6-8-23(32)9-7-21)18-28(43-30)31(38)33-20-29-34-26-4-2-3-5-27(26)35-29/h2-13,18,22,30,37H,14-17,19-20H2,1H3,(H,33,38)(H,34,35)/t22-,30+/m0/s1. The number of methoxy groups -OCH3 is 1. The van der Waals surface area contributed by atoms with E-state index < -0.39 is 22.2 Å². The summed E-state index contributed by atoms with van der Waals surface area (Å²) in [5, 5.41) is 12.4. The number of aliphatic hydroxyl groups excluding tert-OH is 1. The highest BCUT2D eigenvalue weighted by molar-refractivity contribution is 14.1. The average Bonchev–Trinajstić information content (AvgIpc) is 3.46. The molecule has 3 N–H and O–H groups in total.